The van der Waals surface area contributed by atoms with Crippen molar-refractivity contribution in [1.29, 1.82) is 0 Å². The summed E-state index contributed by atoms with van der Waals surface area (Å²) in [5, 5.41) is 3.45. The predicted molar refractivity (Wildman–Crippen MR) is 61.8 cm³/mol. The summed E-state index contributed by atoms with van der Waals surface area (Å²) in [5.41, 5.74) is 2.27. The Hall–Kier alpha value is -1.68. The van der Waals surface area contributed by atoms with E-state index in [-0.39, 0.29) is 0 Å². The van der Waals surface area contributed by atoms with Crippen LogP contribution >= 0.6 is 0 Å². The minimum Gasteiger partial charge on any atom is -0.341 e. The van der Waals surface area contributed by atoms with Crippen molar-refractivity contribution < 1.29 is 0 Å². The average molecular weight is 214 g/mol. The molecule has 1 aliphatic rings. The van der Waals surface area contributed by atoms with Crippen molar-refractivity contribution in [2.24, 2.45) is 0 Å². The molecule has 4 nitrogen and oxygen atoms in total. The highest BCUT2D eigenvalue weighted by Crippen LogP contribution is 2.23. The van der Waals surface area contributed by atoms with Gasteiger partial charge in [0.2, 0.25) is 0 Å². The van der Waals surface area contributed by atoms with E-state index in [0.29, 0.717) is 6.04 Å². The molecule has 0 radical (unpaired) electrons. The number of nitrogens with zero attached hydrogens (tertiary/aromatic N) is 2. The number of imidazole rings is 1. The molecule has 4 heteroatoms. The van der Waals surface area contributed by atoms with Gasteiger partial charge in [-0.1, -0.05) is 0 Å². The van der Waals surface area contributed by atoms with E-state index < -0.39 is 0 Å². The fourth-order valence-electron chi connectivity index (χ4n) is 2.12. The molecule has 1 atom stereocenters. The van der Waals surface area contributed by atoms with Crippen LogP contribution in [0.5, 0.6) is 0 Å². The maximum absolute atomic E-state index is 4.41. The summed E-state index contributed by atoms with van der Waals surface area (Å²) in [5.74, 6) is 0.922. The van der Waals surface area contributed by atoms with E-state index >= 15 is 0 Å². The molecule has 82 valence electrons. The molecule has 1 aliphatic heterocycles. The van der Waals surface area contributed by atoms with E-state index in [1.807, 2.05) is 18.3 Å². The van der Waals surface area contributed by atoms with E-state index in [9.17, 15) is 0 Å². The van der Waals surface area contributed by atoms with Crippen molar-refractivity contribution in [3.63, 3.8) is 0 Å². The van der Waals surface area contributed by atoms with Crippen LogP contribution in [0.25, 0.3) is 11.4 Å². The molecule has 0 aliphatic carbocycles. The van der Waals surface area contributed by atoms with E-state index in [2.05, 4.69) is 20.3 Å². The number of hydrogen-bond acceptors (Lipinski definition) is 3. The molecule has 2 aromatic rings. The number of aromatic amines is 1. The maximum atomic E-state index is 4.41. The maximum Gasteiger partial charge on any atom is 0.137 e. The number of aromatic nitrogens is 3. The molecule has 0 saturated carbocycles. The van der Waals surface area contributed by atoms with Gasteiger partial charge in [0.1, 0.15) is 5.82 Å². The van der Waals surface area contributed by atoms with Crippen LogP contribution in [-0.2, 0) is 0 Å². The second-order valence-electron chi connectivity index (χ2n) is 4.07. The van der Waals surface area contributed by atoms with Crippen molar-refractivity contribution in [3.05, 3.63) is 36.4 Å². The summed E-state index contributed by atoms with van der Waals surface area (Å²) in [6, 6.07) is 4.37. The Morgan fingerprint density at radius 1 is 1.25 bits per heavy atom. The highest BCUT2D eigenvalue weighted by molar-refractivity contribution is 5.53. The zero-order valence-corrected chi connectivity index (χ0v) is 8.98. The fourth-order valence-corrected chi connectivity index (χ4v) is 2.12. The highest BCUT2D eigenvalue weighted by Gasteiger charge is 2.18. The van der Waals surface area contributed by atoms with Crippen LogP contribution in [0.3, 0.4) is 0 Å². The van der Waals surface area contributed by atoms with Gasteiger partial charge in [-0.2, -0.15) is 0 Å². The zero-order valence-electron chi connectivity index (χ0n) is 8.98. The van der Waals surface area contributed by atoms with Crippen molar-refractivity contribution in [2.75, 3.05) is 6.54 Å². The lowest BCUT2D eigenvalue weighted by molar-refractivity contribution is 0.632. The van der Waals surface area contributed by atoms with Gasteiger partial charge in [0, 0.05) is 24.0 Å². The molecular weight excluding hydrogens is 200 g/mol. The fraction of sp³-hybridized carbons (Fsp3) is 0.333. The molecule has 3 heterocycles. The quantitative estimate of drug-likeness (QED) is 0.802. The number of hydrogen-bond donors (Lipinski definition) is 2. The number of pyridine rings is 1. The van der Waals surface area contributed by atoms with Gasteiger partial charge >= 0.3 is 0 Å². The van der Waals surface area contributed by atoms with Crippen molar-refractivity contribution in [1.82, 2.24) is 20.3 Å². The largest absolute Gasteiger partial charge is 0.341 e. The Bertz CT molecular complexity index is 457. The second kappa shape index (κ2) is 4.06. The molecular formula is C12H14N4. The summed E-state index contributed by atoms with van der Waals surface area (Å²) < 4.78 is 0. The third kappa shape index (κ3) is 1.72. The Kier molecular flexibility index (Phi) is 2.42. The SMILES string of the molecule is c1cc(-c2ncc(C3CCCN3)[nH]2)ccn1. The zero-order chi connectivity index (χ0) is 10.8. The Balaban J connectivity index is 1.87. The normalized spacial score (nSPS) is 20.1. The van der Waals surface area contributed by atoms with E-state index in [4.69, 9.17) is 0 Å². The summed E-state index contributed by atoms with van der Waals surface area (Å²) in [6.07, 6.45) is 7.93. The smallest absolute Gasteiger partial charge is 0.137 e. The molecule has 0 amide bonds. The van der Waals surface area contributed by atoms with Gasteiger partial charge < -0.3 is 10.3 Å². The van der Waals surface area contributed by atoms with Crippen LogP contribution in [0.15, 0.2) is 30.7 Å². The molecule has 1 unspecified atom stereocenters. The summed E-state index contributed by atoms with van der Waals surface area (Å²) in [4.78, 5) is 11.8. The van der Waals surface area contributed by atoms with E-state index in [1.165, 1.54) is 18.5 Å². The van der Waals surface area contributed by atoms with Gasteiger partial charge in [-0.05, 0) is 31.5 Å². The Morgan fingerprint density at radius 2 is 2.12 bits per heavy atom. The monoisotopic (exact) mass is 214 g/mol. The van der Waals surface area contributed by atoms with Crippen LogP contribution in [-0.4, -0.2) is 21.5 Å². The van der Waals surface area contributed by atoms with E-state index in [1.54, 1.807) is 12.4 Å². The predicted octanol–water partition coefficient (Wildman–Crippen LogP) is 1.90. The van der Waals surface area contributed by atoms with Crippen LogP contribution in [0.4, 0.5) is 0 Å². The molecule has 0 bridgehead atoms. The Labute approximate surface area is 94.1 Å². The molecule has 0 spiro atoms. The van der Waals surface area contributed by atoms with Gasteiger partial charge in [0.25, 0.3) is 0 Å². The lowest BCUT2D eigenvalue weighted by atomic mass is 10.2. The van der Waals surface area contributed by atoms with Gasteiger partial charge in [-0.25, -0.2) is 4.98 Å². The number of rotatable bonds is 2. The van der Waals surface area contributed by atoms with Crippen LogP contribution in [0, 0.1) is 0 Å². The minimum atomic E-state index is 0.447. The van der Waals surface area contributed by atoms with Crippen LogP contribution in [0.2, 0.25) is 0 Å². The summed E-state index contributed by atoms with van der Waals surface area (Å²) in [6.45, 7) is 1.11. The van der Waals surface area contributed by atoms with Crippen LogP contribution < -0.4 is 5.32 Å². The number of nitrogens with one attached hydrogen (secondary N) is 2. The van der Waals surface area contributed by atoms with Crippen LogP contribution in [0.1, 0.15) is 24.6 Å². The first-order valence-electron chi connectivity index (χ1n) is 5.62. The standard InChI is InChI=1S/C12H14N4/c1-2-10(14-5-1)11-8-15-12(16-11)9-3-6-13-7-4-9/h3-4,6-8,10,14H,1-2,5H2,(H,15,16). The first-order chi connectivity index (χ1) is 7.93. The molecule has 1 saturated heterocycles. The lowest BCUT2D eigenvalue weighted by Gasteiger charge is -2.05. The molecule has 1 fully saturated rings. The van der Waals surface area contributed by atoms with Crippen molar-refractivity contribution in [2.45, 2.75) is 18.9 Å². The molecule has 16 heavy (non-hydrogen) atoms. The topological polar surface area (TPSA) is 53.6 Å². The average Bonchev–Trinajstić information content (AvgIpc) is 3.01. The second-order valence-corrected chi connectivity index (χ2v) is 4.07. The van der Waals surface area contributed by atoms with Gasteiger partial charge in [0.15, 0.2) is 0 Å². The minimum absolute atomic E-state index is 0.447. The Morgan fingerprint density at radius 3 is 2.88 bits per heavy atom. The first kappa shape index (κ1) is 9.54. The third-order valence-corrected chi connectivity index (χ3v) is 2.98. The molecule has 2 N–H and O–H groups in total. The third-order valence-electron chi connectivity index (χ3n) is 2.98. The first-order valence-corrected chi connectivity index (χ1v) is 5.62. The number of H-pyrrole nitrogens is 1. The molecule has 3 rings (SSSR count). The summed E-state index contributed by atoms with van der Waals surface area (Å²) in [7, 11) is 0. The van der Waals surface area contributed by atoms with Gasteiger partial charge in [-0.15, -0.1) is 0 Å². The molecule has 0 aromatic carbocycles. The summed E-state index contributed by atoms with van der Waals surface area (Å²) >= 11 is 0. The molecule has 2 aromatic heterocycles. The van der Waals surface area contributed by atoms with Gasteiger partial charge in [-0.3, -0.25) is 4.98 Å². The van der Waals surface area contributed by atoms with Gasteiger partial charge in [0.05, 0.1) is 11.9 Å². The van der Waals surface area contributed by atoms with E-state index in [0.717, 1.165) is 17.9 Å². The highest BCUT2D eigenvalue weighted by atomic mass is 15.0. The van der Waals surface area contributed by atoms with Crippen molar-refractivity contribution in [3.8, 4) is 11.4 Å². The van der Waals surface area contributed by atoms with Crippen molar-refractivity contribution >= 4 is 0 Å². The lowest BCUT2D eigenvalue weighted by Crippen LogP contribution is -2.12.